The molecule has 3 amide bonds. The summed E-state index contributed by atoms with van der Waals surface area (Å²) in [6, 6.07) is -1.91. The second-order valence-corrected chi connectivity index (χ2v) is 7.87. The molecule has 26 heavy (non-hydrogen) atoms. The van der Waals surface area contributed by atoms with Gasteiger partial charge in [-0.25, -0.2) is 4.79 Å². The number of nitrogens with one attached hydrogen (secondary N) is 3. The van der Waals surface area contributed by atoms with Crippen molar-refractivity contribution in [3.8, 4) is 0 Å². The Morgan fingerprint density at radius 1 is 1.31 bits per heavy atom. The fraction of sp³-hybridized carbons (Fsp3) is 0.786. The van der Waals surface area contributed by atoms with Gasteiger partial charge in [0.2, 0.25) is 5.91 Å². The van der Waals surface area contributed by atoms with E-state index in [2.05, 4.69) is 14.9 Å². The van der Waals surface area contributed by atoms with Gasteiger partial charge in [0, 0.05) is 13.0 Å². The van der Waals surface area contributed by atoms with E-state index in [9.17, 15) is 18.0 Å². The average molecular weight is 389 g/mol. The van der Waals surface area contributed by atoms with Gasteiger partial charge in [0.05, 0.1) is 12.1 Å². The number of hydrogen-bond acceptors (Lipinski definition) is 7. The molecule has 0 aliphatic carbocycles. The monoisotopic (exact) mass is 389 g/mol. The molecule has 3 heterocycles. The van der Waals surface area contributed by atoms with Crippen LogP contribution >= 0.6 is 0 Å². The molecule has 0 spiro atoms. The molecular weight excluding hydrogens is 366 g/mol. The Hall–Kier alpha value is -1.76. The third-order valence-electron chi connectivity index (χ3n) is 5.04. The molecule has 146 valence electrons. The minimum absolute atomic E-state index is 0.0792. The predicted octanol–water partition coefficient (Wildman–Crippen LogP) is -0.527. The third kappa shape index (κ3) is 4.31. The van der Waals surface area contributed by atoms with Crippen LogP contribution in [0.3, 0.4) is 0 Å². The Labute approximate surface area is 151 Å². The van der Waals surface area contributed by atoms with E-state index < -0.39 is 28.5 Å². The first-order chi connectivity index (χ1) is 12.2. The largest absolute Gasteiger partial charge is 0.418 e. The van der Waals surface area contributed by atoms with Gasteiger partial charge in [0.25, 0.3) is 0 Å². The topological polar surface area (TPSA) is 152 Å². The number of piperidine rings is 2. The zero-order valence-electron chi connectivity index (χ0n) is 14.2. The van der Waals surface area contributed by atoms with Crippen molar-refractivity contribution in [1.29, 1.82) is 5.41 Å². The van der Waals surface area contributed by atoms with Crippen molar-refractivity contribution in [1.82, 2.24) is 20.6 Å². The van der Waals surface area contributed by atoms with Gasteiger partial charge in [0.1, 0.15) is 5.84 Å². The number of nitrogens with zero attached hydrogens (tertiary/aromatic N) is 2. The van der Waals surface area contributed by atoms with Crippen molar-refractivity contribution in [3.63, 3.8) is 0 Å². The smallest absolute Gasteiger partial charge is 0.317 e. The quantitative estimate of drug-likeness (QED) is 0.280. The van der Waals surface area contributed by atoms with E-state index in [4.69, 9.17) is 9.96 Å². The van der Waals surface area contributed by atoms with Crippen molar-refractivity contribution in [2.24, 2.45) is 5.92 Å². The summed E-state index contributed by atoms with van der Waals surface area (Å²) in [5, 5.41) is 14.6. The van der Waals surface area contributed by atoms with E-state index in [1.807, 2.05) is 0 Å². The lowest BCUT2D eigenvalue weighted by molar-refractivity contribution is -0.120. The number of carbonyl (C=O) groups is 2. The highest BCUT2D eigenvalue weighted by atomic mass is 32.3. The lowest BCUT2D eigenvalue weighted by Gasteiger charge is -2.31. The number of carbonyl (C=O) groups excluding carboxylic acids is 2. The predicted molar refractivity (Wildman–Crippen MR) is 89.5 cm³/mol. The van der Waals surface area contributed by atoms with Gasteiger partial charge < -0.3 is 15.5 Å². The number of hydroxylamine groups is 2. The van der Waals surface area contributed by atoms with Crippen LogP contribution in [0, 0.1) is 11.3 Å². The van der Waals surface area contributed by atoms with Gasteiger partial charge in [-0.2, -0.15) is 13.5 Å². The van der Waals surface area contributed by atoms with Crippen LogP contribution in [0.15, 0.2) is 0 Å². The molecule has 3 fully saturated rings. The Morgan fingerprint density at radius 3 is 2.65 bits per heavy atom. The van der Waals surface area contributed by atoms with Gasteiger partial charge in [-0.05, 0) is 44.7 Å². The fourth-order valence-electron chi connectivity index (χ4n) is 3.76. The highest BCUT2D eigenvalue weighted by molar-refractivity contribution is 7.80. The molecule has 11 nitrogen and oxygen atoms in total. The van der Waals surface area contributed by atoms with E-state index in [-0.39, 0.29) is 24.2 Å². The maximum Gasteiger partial charge on any atom is 0.418 e. The van der Waals surface area contributed by atoms with E-state index in [1.165, 1.54) is 4.90 Å². The van der Waals surface area contributed by atoms with Gasteiger partial charge >= 0.3 is 16.4 Å². The molecule has 3 aliphatic rings. The molecule has 0 aromatic heterocycles. The van der Waals surface area contributed by atoms with Crippen LogP contribution in [0.4, 0.5) is 4.79 Å². The average Bonchev–Trinajstić information content (AvgIpc) is 2.79. The van der Waals surface area contributed by atoms with E-state index >= 15 is 0 Å². The van der Waals surface area contributed by atoms with Gasteiger partial charge in [-0.1, -0.05) is 0 Å². The van der Waals surface area contributed by atoms with Crippen LogP contribution in [0.5, 0.6) is 0 Å². The van der Waals surface area contributed by atoms with Gasteiger partial charge in [-0.15, -0.1) is 4.28 Å². The highest BCUT2D eigenvalue weighted by Crippen LogP contribution is 2.30. The van der Waals surface area contributed by atoms with E-state index in [0.29, 0.717) is 24.3 Å². The molecule has 3 saturated heterocycles. The first-order valence-electron chi connectivity index (χ1n) is 8.60. The first-order valence-corrected chi connectivity index (χ1v) is 9.97. The van der Waals surface area contributed by atoms with Gasteiger partial charge in [0.15, 0.2) is 0 Å². The number of hydrogen-bond donors (Lipinski definition) is 4. The molecule has 0 aromatic carbocycles. The molecule has 3 aliphatic heterocycles. The fourth-order valence-corrected chi connectivity index (χ4v) is 4.15. The molecule has 0 saturated carbocycles. The van der Waals surface area contributed by atoms with Crippen LogP contribution in [-0.4, -0.2) is 72.4 Å². The second kappa shape index (κ2) is 7.47. The van der Waals surface area contributed by atoms with Crippen molar-refractivity contribution in [2.45, 2.75) is 44.2 Å². The maximum absolute atomic E-state index is 12.3. The molecule has 0 radical (unpaired) electrons. The Kier molecular flexibility index (Phi) is 5.46. The minimum atomic E-state index is -4.80. The highest BCUT2D eigenvalue weighted by Gasteiger charge is 2.48. The summed E-state index contributed by atoms with van der Waals surface area (Å²) in [7, 11) is -4.80. The molecule has 0 unspecified atom stereocenters. The molecule has 0 aromatic rings. The SMILES string of the molecule is N=C(NC(=O)CC1CCNCC1)[C@@H]1CC[C@@H]2CN1C(=O)N2OS(=O)(=O)O. The zero-order valence-corrected chi connectivity index (χ0v) is 15.0. The summed E-state index contributed by atoms with van der Waals surface area (Å²) >= 11 is 0. The number of rotatable bonds is 5. The van der Waals surface area contributed by atoms with Crippen LogP contribution in [0.1, 0.15) is 32.1 Å². The van der Waals surface area contributed by atoms with Crippen molar-refractivity contribution >= 4 is 28.2 Å². The maximum atomic E-state index is 12.3. The van der Waals surface area contributed by atoms with Crippen LogP contribution in [-0.2, 0) is 19.5 Å². The molecular formula is C14H23N5O6S. The summed E-state index contributed by atoms with van der Waals surface area (Å²) in [5.74, 6) is -0.0435. The molecule has 2 atom stereocenters. The zero-order chi connectivity index (χ0) is 18.9. The summed E-state index contributed by atoms with van der Waals surface area (Å²) in [5.41, 5.74) is 0. The normalized spacial score (nSPS) is 26.9. The van der Waals surface area contributed by atoms with Crippen LogP contribution in [0.25, 0.3) is 0 Å². The summed E-state index contributed by atoms with van der Waals surface area (Å²) < 4.78 is 34.9. The Morgan fingerprint density at radius 2 is 2.00 bits per heavy atom. The number of amides is 3. The molecule has 3 rings (SSSR count). The summed E-state index contributed by atoms with van der Waals surface area (Å²) in [6.07, 6.45) is 2.96. The Bertz CT molecular complexity index is 692. The number of amidine groups is 1. The number of urea groups is 1. The Balaban J connectivity index is 1.57. The van der Waals surface area contributed by atoms with Crippen molar-refractivity contribution in [3.05, 3.63) is 0 Å². The third-order valence-corrected chi connectivity index (χ3v) is 5.39. The molecule has 12 heteroatoms. The second-order valence-electron chi connectivity index (χ2n) is 6.87. The van der Waals surface area contributed by atoms with Crippen LogP contribution in [0.2, 0.25) is 0 Å². The van der Waals surface area contributed by atoms with E-state index in [0.717, 1.165) is 25.9 Å². The first kappa shape index (κ1) is 19.0. The lowest BCUT2D eigenvalue weighted by Crippen LogP contribution is -2.51. The summed E-state index contributed by atoms with van der Waals surface area (Å²) in [4.78, 5) is 25.8. The van der Waals surface area contributed by atoms with Crippen molar-refractivity contribution < 1.29 is 26.8 Å². The summed E-state index contributed by atoms with van der Waals surface area (Å²) in [6.45, 7) is 1.93. The molecule has 2 bridgehead atoms. The minimum Gasteiger partial charge on any atom is -0.317 e. The lowest BCUT2D eigenvalue weighted by atomic mass is 9.94. The number of fused-ring (bicyclic) bond motifs is 2. The standard InChI is InChI=1S/C14H23N5O6S/c15-13(17-12(20)7-9-3-5-16-6-4-9)11-2-1-10-8-18(11)14(21)19(10)25-26(22,23)24/h9-11,16H,1-8H2,(H2,15,17,20)(H,22,23,24)/t10-,11+/m1/s1. The van der Waals surface area contributed by atoms with E-state index in [1.54, 1.807) is 0 Å². The van der Waals surface area contributed by atoms with Gasteiger partial charge in [-0.3, -0.25) is 14.8 Å². The molecule has 4 N–H and O–H groups in total. The van der Waals surface area contributed by atoms with Crippen LogP contribution < -0.4 is 10.6 Å². The van der Waals surface area contributed by atoms with Crippen molar-refractivity contribution in [2.75, 3.05) is 19.6 Å².